The third kappa shape index (κ3) is 4.16. The summed E-state index contributed by atoms with van der Waals surface area (Å²) in [5.74, 6) is 0. The minimum absolute atomic E-state index is 0. The van der Waals surface area contributed by atoms with Crippen LogP contribution in [0.4, 0.5) is 0 Å². The molecule has 70 valence electrons. The lowest BCUT2D eigenvalue weighted by Gasteiger charge is -2.34. The molecule has 0 aromatic heterocycles. The summed E-state index contributed by atoms with van der Waals surface area (Å²) in [5.41, 5.74) is 0. The lowest BCUT2D eigenvalue weighted by atomic mass is 10.2. The van der Waals surface area contributed by atoms with Crippen LogP contribution in [-0.4, -0.2) is 37.1 Å². The molecule has 1 rings (SSSR count). The Morgan fingerprint density at radius 1 is 1.27 bits per heavy atom. The van der Waals surface area contributed by atoms with Gasteiger partial charge in [0.2, 0.25) is 0 Å². The molecule has 0 aliphatic carbocycles. The topological polar surface area (TPSA) is 15.3 Å². The summed E-state index contributed by atoms with van der Waals surface area (Å²) in [6.07, 6.45) is 0. The number of rotatable bonds is 0. The Hall–Kier alpha value is 0.500. The summed E-state index contributed by atoms with van der Waals surface area (Å²) in [6.45, 7) is 6.79. The summed E-state index contributed by atoms with van der Waals surface area (Å²) < 4.78 is 0. The van der Waals surface area contributed by atoms with Crippen molar-refractivity contribution in [1.29, 1.82) is 0 Å². The fourth-order valence-corrected chi connectivity index (χ4v) is 1.20. The minimum atomic E-state index is 0. The number of halogens is 2. The smallest absolute Gasteiger partial charge is 0.0190 e. The maximum Gasteiger partial charge on any atom is 0.0190 e. The molecular weight excluding hydrogens is 183 g/mol. The molecule has 0 saturated carbocycles. The number of nitrogens with zero attached hydrogens (tertiary/aromatic N) is 1. The first kappa shape index (κ1) is 14.0. The number of piperazine rings is 1. The molecule has 0 radical (unpaired) electrons. The zero-order chi connectivity index (χ0) is 6.85. The van der Waals surface area contributed by atoms with Gasteiger partial charge in [-0.15, -0.1) is 24.8 Å². The molecule has 0 aromatic rings. The quantitative estimate of drug-likeness (QED) is 0.632. The second-order valence-corrected chi connectivity index (χ2v) is 3.10. The van der Waals surface area contributed by atoms with Crippen molar-refractivity contribution >= 4 is 24.8 Å². The summed E-state index contributed by atoms with van der Waals surface area (Å²) in [5, 5.41) is 3.42. The van der Waals surface area contributed by atoms with Crippen molar-refractivity contribution < 1.29 is 0 Å². The zero-order valence-electron chi connectivity index (χ0n) is 7.33. The highest BCUT2D eigenvalue weighted by Gasteiger charge is 2.17. The average molecular weight is 201 g/mol. The molecule has 0 spiro atoms. The first-order valence-corrected chi connectivity index (χ1v) is 3.64. The normalized spacial score (nSPS) is 31.9. The van der Waals surface area contributed by atoms with Crippen molar-refractivity contribution in [3.05, 3.63) is 0 Å². The second kappa shape index (κ2) is 6.06. The largest absolute Gasteiger partial charge is 0.311 e. The Labute approximate surface area is 81.5 Å². The van der Waals surface area contributed by atoms with Crippen LogP contribution in [-0.2, 0) is 0 Å². The van der Waals surface area contributed by atoms with Crippen molar-refractivity contribution in [1.82, 2.24) is 10.2 Å². The van der Waals surface area contributed by atoms with Gasteiger partial charge in [-0.05, 0) is 20.9 Å². The molecule has 0 unspecified atom stereocenters. The van der Waals surface area contributed by atoms with E-state index in [4.69, 9.17) is 0 Å². The van der Waals surface area contributed by atoms with Crippen LogP contribution in [0, 0.1) is 0 Å². The third-order valence-electron chi connectivity index (χ3n) is 2.08. The van der Waals surface area contributed by atoms with Gasteiger partial charge in [0.05, 0.1) is 0 Å². The maximum atomic E-state index is 3.42. The van der Waals surface area contributed by atoms with Gasteiger partial charge in [0, 0.05) is 25.2 Å². The van der Waals surface area contributed by atoms with E-state index in [0.29, 0.717) is 12.1 Å². The van der Waals surface area contributed by atoms with Crippen molar-refractivity contribution in [2.24, 2.45) is 0 Å². The first-order chi connectivity index (χ1) is 4.20. The van der Waals surface area contributed by atoms with Gasteiger partial charge >= 0.3 is 0 Å². The number of nitrogens with one attached hydrogen (secondary N) is 1. The SMILES string of the molecule is C[C@@H]1CN(C)[C@@H](C)CN1.Cl.Cl. The Kier molecular flexibility index (Phi) is 7.75. The van der Waals surface area contributed by atoms with Crippen molar-refractivity contribution in [3.63, 3.8) is 0 Å². The monoisotopic (exact) mass is 200 g/mol. The van der Waals surface area contributed by atoms with Gasteiger partial charge in [0.15, 0.2) is 0 Å². The van der Waals surface area contributed by atoms with E-state index in [2.05, 4.69) is 31.1 Å². The fourth-order valence-electron chi connectivity index (χ4n) is 1.20. The van der Waals surface area contributed by atoms with E-state index in [9.17, 15) is 0 Å². The standard InChI is InChI=1S/C7H16N2.2ClH/c1-6-5-9(3)7(2)4-8-6;;/h6-8H,4-5H2,1-3H3;2*1H/t6-,7+;;/m1../s1. The molecule has 2 nitrogen and oxygen atoms in total. The van der Waals surface area contributed by atoms with E-state index in [-0.39, 0.29) is 24.8 Å². The average Bonchev–Trinajstić information content (AvgIpc) is 1.80. The summed E-state index contributed by atoms with van der Waals surface area (Å²) in [4.78, 5) is 2.39. The van der Waals surface area contributed by atoms with Crippen LogP contribution >= 0.6 is 24.8 Å². The minimum Gasteiger partial charge on any atom is -0.311 e. The van der Waals surface area contributed by atoms with Crippen LogP contribution in [0.5, 0.6) is 0 Å². The van der Waals surface area contributed by atoms with Crippen LogP contribution in [0.3, 0.4) is 0 Å². The van der Waals surface area contributed by atoms with E-state index in [1.54, 1.807) is 0 Å². The summed E-state index contributed by atoms with van der Waals surface area (Å²) in [7, 11) is 2.18. The van der Waals surface area contributed by atoms with Crippen molar-refractivity contribution in [3.8, 4) is 0 Å². The van der Waals surface area contributed by atoms with Crippen molar-refractivity contribution in [2.75, 3.05) is 20.1 Å². The van der Waals surface area contributed by atoms with Crippen LogP contribution in [0.2, 0.25) is 0 Å². The molecule has 1 aliphatic heterocycles. The Morgan fingerprint density at radius 2 is 1.82 bits per heavy atom. The molecule has 0 amide bonds. The molecule has 0 bridgehead atoms. The fraction of sp³-hybridized carbons (Fsp3) is 1.00. The van der Waals surface area contributed by atoms with E-state index in [1.165, 1.54) is 6.54 Å². The molecular formula is C7H18Cl2N2. The molecule has 4 heteroatoms. The molecule has 11 heavy (non-hydrogen) atoms. The predicted octanol–water partition coefficient (Wildman–Crippen LogP) is 1.14. The van der Waals surface area contributed by atoms with Gasteiger partial charge in [-0.1, -0.05) is 0 Å². The maximum absolute atomic E-state index is 3.42. The van der Waals surface area contributed by atoms with Crippen LogP contribution < -0.4 is 5.32 Å². The van der Waals surface area contributed by atoms with Crippen molar-refractivity contribution in [2.45, 2.75) is 25.9 Å². The van der Waals surface area contributed by atoms with Gasteiger partial charge in [-0.25, -0.2) is 0 Å². The van der Waals surface area contributed by atoms with Crippen LogP contribution in [0.25, 0.3) is 0 Å². The predicted molar refractivity (Wildman–Crippen MR) is 54.1 cm³/mol. The number of hydrogen-bond acceptors (Lipinski definition) is 2. The van der Waals surface area contributed by atoms with Gasteiger partial charge < -0.3 is 10.2 Å². The highest BCUT2D eigenvalue weighted by atomic mass is 35.5. The highest BCUT2D eigenvalue weighted by molar-refractivity contribution is 5.85. The highest BCUT2D eigenvalue weighted by Crippen LogP contribution is 2.01. The zero-order valence-corrected chi connectivity index (χ0v) is 8.97. The Balaban J connectivity index is 0. The van der Waals surface area contributed by atoms with Crippen LogP contribution in [0.1, 0.15) is 13.8 Å². The molecule has 1 saturated heterocycles. The van der Waals surface area contributed by atoms with Gasteiger partial charge in [0.1, 0.15) is 0 Å². The van der Waals surface area contributed by atoms with E-state index in [1.807, 2.05) is 0 Å². The number of likely N-dealkylation sites (N-methyl/N-ethyl adjacent to an activating group) is 1. The summed E-state index contributed by atoms with van der Waals surface area (Å²) >= 11 is 0. The first-order valence-electron chi connectivity index (χ1n) is 3.64. The molecule has 1 fully saturated rings. The van der Waals surface area contributed by atoms with Gasteiger partial charge in [-0.2, -0.15) is 0 Å². The molecule has 0 aromatic carbocycles. The molecule has 1 heterocycles. The van der Waals surface area contributed by atoms with Crippen LogP contribution in [0.15, 0.2) is 0 Å². The van der Waals surface area contributed by atoms with Gasteiger partial charge in [0.25, 0.3) is 0 Å². The molecule has 1 N–H and O–H groups in total. The number of hydrogen-bond donors (Lipinski definition) is 1. The van der Waals surface area contributed by atoms with Gasteiger partial charge in [-0.3, -0.25) is 0 Å². The molecule has 1 aliphatic rings. The van der Waals surface area contributed by atoms with E-state index >= 15 is 0 Å². The summed E-state index contributed by atoms with van der Waals surface area (Å²) in [6, 6.07) is 1.38. The second-order valence-electron chi connectivity index (χ2n) is 3.10. The third-order valence-corrected chi connectivity index (χ3v) is 2.08. The van der Waals surface area contributed by atoms with E-state index in [0.717, 1.165) is 6.54 Å². The Bertz CT molecular complexity index is 100. The lowest BCUT2D eigenvalue weighted by molar-refractivity contribution is 0.182. The molecule has 2 atom stereocenters. The van der Waals surface area contributed by atoms with E-state index < -0.39 is 0 Å². The Morgan fingerprint density at radius 3 is 2.18 bits per heavy atom. The lowest BCUT2D eigenvalue weighted by Crippen LogP contribution is -2.52.